The number of nitrogens with zero attached hydrogens (tertiary/aromatic N) is 2. The summed E-state index contributed by atoms with van der Waals surface area (Å²) in [5.74, 6) is -0.553. The number of halogens is 1. The summed E-state index contributed by atoms with van der Waals surface area (Å²) in [6.45, 7) is 1.82. The highest BCUT2D eigenvalue weighted by Crippen LogP contribution is 2.38. The summed E-state index contributed by atoms with van der Waals surface area (Å²) in [5.41, 5.74) is 2.55. The van der Waals surface area contributed by atoms with Crippen LogP contribution in [0.2, 0.25) is 0 Å². The first-order valence-corrected chi connectivity index (χ1v) is 9.79. The van der Waals surface area contributed by atoms with Crippen molar-refractivity contribution in [1.29, 1.82) is 5.26 Å². The van der Waals surface area contributed by atoms with Crippen molar-refractivity contribution in [3.63, 3.8) is 0 Å². The van der Waals surface area contributed by atoms with Crippen molar-refractivity contribution in [2.24, 2.45) is 0 Å². The molecule has 0 amide bonds. The van der Waals surface area contributed by atoms with Gasteiger partial charge in [-0.3, -0.25) is 0 Å². The van der Waals surface area contributed by atoms with Crippen LogP contribution in [0.5, 0.6) is 11.5 Å². The Hall–Kier alpha value is -4.44. The third-order valence-electron chi connectivity index (χ3n) is 5.29. The number of aromatic nitrogens is 1. The number of ether oxygens (including phenoxy) is 2. The highest BCUT2D eigenvalue weighted by Gasteiger charge is 2.22. The molecule has 1 atom stereocenters. The van der Waals surface area contributed by atoms with E-state index in [2.05, 4.69) is 4.98 Å². The van der Waals surface area contributed by atoms with Gasteiger partial charge in [-0.2, -0.15) is 5.26 Å². The van der Waals surface area contributed by atoms with E-state index in [-0.39, 0.29) is 28.5 Å². The SMILES string of the molecule is CC1Oc2ccc(-c3ccc(-c4nc5ccc(F)cc5c(C(=O)O)c4C#N)cc3)cc2O1. The fraction of sp³-hybridized carbons (Fsp3) is 0.0800. The lowest BCUT2D eigenvalue weighted by Crippen LogP contribution is -2.11. The zero-order valence-corrected chi connectivity index (χ0v) is 16.8. The van der Waals surface area contributed by atoms with Gasteiger partial charge in [0.25, 0.3) is 0 Å². The van der Waals surface area contributed by atoms with Gasteiger partial charge in [-0.1, -0.05) is 30.3 Å². The van der Waals surface area contributed by atoms with E-state index in [1.165, 1.54) is 12.1 Å². The molecule has 3 aromatic carbocycles. The maximum Gasteiger partial charge on any atom is 0.337 e. The molecule has 0 saturated heterocycles. The molecule has 4 aromatic rings. The van der Waals surface area contributed by atoms with Crippen LogP contribution in [0, 0.1) is 17.1 Å². The van der Waals surface area contributed by atoms with Gasteiger partial charge in [-0.25, -0.2) is 14.2 Å². The molecule has 32 heavy (non-hydrogen) atoms. The molecule has 1 aliphatic heterocycles. The number of carboxylic acid groups (broad SMARTS) is 1. The van der Waals surface area contributed by atoms with Gasteiger partial charge in [0.2, 0.25) is 6.29 Å². The summed E-state index contributed by atoms with van der Waals surface area (Å²) < 4.78 is 24.9. The van der Waals surface area contributed by atoms with Gasteiger partial charge < -0.3 is 14.6 Å². The van der Waals surface area contributed by atoms with Gasteiger partial charge in [0.15, 0.2) is 11.5 Å². The Kier molecular flexibility index (Phi) is 4.49. The maximum absolute atomic E-state index is 13.7. The molecular weight excluding hydrogens is 411 g/mol. The second-order valence-corrected chi connectivity index (χ2v) is 7.33. The number of hydrogen-bond donors (Lipinski definition) is 1. The quantitative estimate of drug-likeness (QED) is 0.472. The van der Waals surface area contributed by atoms with Crippen LogP contribution in [-0.2, 0) is 0 Å². The second kappa shape index (κ2) is 7.36. The molecule has 0 radical (unpaired) electrons. The van der Waals surface area contributed by atoms with Crippen molar-refractivity contribution in [3.05, 3.63) is 77.6 Å². The zero-order valence-electron chi connectivity index (χ0n) is 16.8. The molecule has 1 aromatic heterocycles. The third-order valence-corrected chi connectivity index (χ3v) is 5.29. The molecule has 0 saturated carbocycles. The van der Waals surface area contributed by atoms with E-state index in [9.17, 15) is 19.6 Å². The van der Waals surface area contributed by atoms with E-state index in [1.54, 1.807) is 12.1 Å². The van der Waals surface area contributed by atoms with E-state index < -0.39 is 11.8 Å². The minimum atomic E-state index is -1.31. The van der Waals surface area contributed by atoms with Crippen LogP contribution < -0.4 is 9.47 Å². The average Bonchev–Trinajstić information content (AvgIpc) is 3.16. The number of nitriles is 1. The molecule has 6 nitrogen and oxygen atoms in total. The van der Waals surface area contributed by atoms with Crippen LogP contribution in [-0.4, -0.2) is 22.3 Å². The van der Waals surface area contributed by atoms with Crippen LogP contribution in [0.15, 0.2) is 60.7 Å². The van der Waals surface area contributed by atoms with Crippen LogP contribution in [0.4, 0.5) is 4.39 Å². The fourth-order valence-corrected chi connectivity index (χ4v) is 3.85. The Labute approximate surface area is 182 Å². The van der Waals surface area contributed by atoms with E-state index in [0.717, 1.165) is 17.2 Å². The molecule has 1 unspecified atom stereocenters. The molecule has 1 N–H and O–H groups in total. The van der Waals surface area contributed by atoms with Gasteiger partial charge in [-0.15, -0.1) is 0 Å². The number of rotatable bonds is 3. The Balaban J connectivity index is 1.61. The molecule has 2 heterocycles. The number of carbonyl (C=O) groups is 1. The molecule has 156 valence electrons. The van der Waals surface area contributed by atoms with E-state index in [4.69, 9.17) is 9.47 Å². The van der Waals surface area contributed by atoms with Gasteiger partial charge in [0.05, 0.1) is 22.3 Å². The number of carboxylic acids is 1. The minimum Gasteiger partial charge on any atom is -0.478 e. The summed E-state index contributed by atoms with van der Waals surface area (Å²) in [5, 5.41) is 19.5. The monoisotopic (exact) mass is 426 g/mol. The van der Waals surface area contributed by atoms with Crippen molar-refractivity contribution >= 4 is 16.9 Å². The molecule has 7 heteroatoms. The Bertz CT molecular complexity index is 1440. The molecule has 0 bridgehead atoms. The molecule has 0 fully saturated rings. The van der Waals surface area contributed by atoms with Gasteiger partial charge in [0.1, 0.15) is 11.9 Å². The van der Waals surface area contributed by atoms with Crippen molar-refractivity contribution in [2.45, 2.75) is 13.2 Å². The fourth-order valence-electron chi connectivity index (χ4n) is 3.85. The highest BCUT2D eigenvalue weighted by atomic mass is 19.1. The number of fused-ring (bicyclic) bond motifs is 2. The molecule has 0 spiro atoms. The summed E-state index contributed by atoms with van der Waals surface area (Å²) in [7, 11) is 0. The second-order valence-electron chi connectivity index (χ2n) is 7.33. The lowest BCUT2D eigenvalue weighted by atomic mass is 9.96. The van der Waals surface area contributed by atoms with Gasteiger partial charge in [0, 0.05) is 17.9 Å². The smallest absolute Gasteiger partial charge is 0.337 e. The van der Waals surface area contributed by atoms with Gasteiger partial charge in [-0.05, 0) is 41.5 Å². The third kappa shape index (κ3) is 3.19. The first-order valence-electron chi connectivity index (χ1n) is 9.79. The summed E-state index contributed by atoms with van der Waals surface area (Å²) in [4.78, 5) is 16.4. The van der Waals surface area contributed by atoms with E-state index in [1.807, 2.05) is 43.3 Å². The van der Waals surface area contributed by atoms with Gasteiger partial charge >= 0.3 is 5.97 Å². The molecule has 0 aliphatic carbocycles. The van der Waals surface area contributed by atoms with Crippen molar-refractivity contribution in [2.75, 3.05) is 0 Å². The summed E-state index contributed by atoms with van der Waals surface area (Å²) >= 11 is 0. The zero-order chi connectivity index (χ0) is 22.4. The van der Waals surface area contributed by atoms with Crippen LogP contribution in [0.3, 0.4) is 0 Å². The van der Waals surface area contributed by atoms with Crippen LogP contribution in [0.1, 0.15) is 22.8 Å². The minimum absolute atomic E-state index is 0.0870. The first-order chi connectivity index (χ1) is 15.4. The maximum atomic E-state index is 13.7. The molecule has 5 rings (SSSR count). The number of hydrogen-bond acceptors (Lipinski definition) is 5. The Morgan fingerprint density at radius 3 is 2.41 bits per heavy atom. The Morgan fingerprint density at radius 1 is 1.00 bits per heavy atom. The lowest BCUT2D eigenvalue weighted by Gasteiger charge is -2.11. The number of aromatic carboxylic acids is 1. The standard InChI is InChI=1S/C25H15FN2O4/c1-13-31-21-9-6-16(10-22(21)32-13)14-2-4-15(5-3-14)24-19(12-27)23(25(29)30)18-11-17(26)7-8-20(18)28-24/h2-11,13H,1H3,(H,29,30). The average molecular weight is 426 g/mol. The normalized spacial score (nSPS) is 14.3. The predicted molar refractivity (Wildman–Crippen MR) is 115 cm³/mol. The first kappa shape index (κ1) is 19.5. The molecular formula is C25H15FN2O4. The predicted octanol–water partition coefficient (Wildman–Crippen LogP) is 5.39. The van der Waals surface area contributed by atoms with Crippen molar-refractivity contribution < 1.29 is 23.8 Å². The summed E-state index contributed by atoms with van der Waals surface area (Å²) in [6.07, 6.45) is -0.331. The summed E-state index contributed by atoms with van der Waals surface area (Å²) in [6, 6.07) is 18.5. The van der Waals surface area contributed by atoms with Crippen molar-refractivity contribution in [1.82, 2.24) is 4.98 Å². The van der Waals surface area contributed by atoms with E-state index in [0.29, 0.717) is 22.6 Å². The van der Waals surface area contributed by atoms with Crippen LogP contribution >= 0.6 is 0 Å². The number of pyridine rings is 1. The van der Waals surface area contributed by atoms with Crippen LogP contribution in [0.25, 0.3) is 33.3 Å². The number of benzene rings is 3. The highest BCUT2D eigenvalue weighted by molar-refractivity contribution is 6.06. The van der Waals surface area contributed by atoms with Crippen molar-refractivity contribution in [3.8, 4) is 40.0 Å². The Morgan fingerprint density at radius 2 is 1.69 bits per heavy atom. The largest absolute Gasteiger partial charge is 0.478 e. The molecule has 1 aliphatic rings. The van der Waals surface area contributed by atoms with E-state index >= 15 is 0 Å². The topological polar surface area (TPSA) is 92.4 Å². The lowest BCUT2D eigenvalue weighted by molar-refractivity contribution is 0.0676.